The van der Waals surface area contributed by atoms with E-state index in [1.807, 2.05) is 29.8 Å². The van der Waals surface area contributed by atoms with Crippen molar-refractivity contribution in [1.29, 1.82) is 0 Å². The molecule has 0 aliphatic carbocycles. The lowest BCUT2D eigenvalue weighted by Gasteiger charge is -2.15. The van der Waals surface area contributed by atoms with Crippen LogP contribution < -0.4 is 10.6 Å². The molecule has 0 saturated heterocycles. The van der Waals surface area contributed by atoms with Crippen molar-refractivity contribution in [2.45, 2.75) is 25.9 Å². The molecule has 0 saturated carbocycles. The van der Waals surface area contributed by atoms with Gasteiger partial charge in [0.05, 0.1) is 10.6 Å². The number of thiophene rings is 1. The minimum atomic E-state index is -0.417. The number of hydrogen-bond acceptors (Lipinski definition) is 2. The molecule has 0 fully saturated rings. The van der Waals surface area contributed by atoms with E-state index in [1.165, 1.54) is 10.9 Å². The summed E-state index contributed by atoms with van der Waals surface area (Å²) in [5.74, 6) is -0.613. The van der Waals surface area contributed by atoms with E-state index < -0.39 is 5.82 Å². The van der Waals surface area contributed by atoms with Crippen molar-refractivity contribution in [3.8, 4) is 0 Å². The third-order valence-electron chi connectivity index (χ3n) is 3.11. The Bertz CT molecular complexity index is 571. The Labute approximate surface area is 121 Å². The maximum Gasteiger partial charge on any atom is 0.282 e. The number of rotatable bonds is 5. The molecule has 5 heteroatoms. The molecule has 0 aliphatic rings. The number of hydrogen-bond donors (Lipinski definition) is 2. The van der Waals surface area contributed by atoms with Gasteiger partial charge in [0.1, 0.15) is 11.9 Å². The van der Waals surface area contributed by atoms with Crippen molar-refractivity contribution < 1.29 is 14.5 Å². The molecule has 20 heavy (non-hydrogen) atoms. The SMILES string of the molecule is C[C@H]([NH2+][C@H](C)c1cccs1)C(=O)Nc1ccccc1F. The van der Waals surface area contributed by atoms with Crippen LogP contribution >= 0.6 is 11.3 Å². The van der Waals surface area contributed by atoms with Crippen LogP contribution in [0.5, 0.6) is 0 Å². The fourth-order valence-electron chi connectivity index (χ4n) is 1.97. The molecule has 2 aromatic rings. The van der Waals surface area contributed by atoms with E-state index in [9.17, 15) is 9.18 Å². The van der Waals surface area contributed by atoms with Gasteiger partial charge in [-0.1, -0.05) is 18.2 Å². The Kier molecular flexibility index (Phi) is 4.87. The Hall–Kier alpha value is -1.72. The summed E-state index contributed by atoms with van der Waals surface area (Å²) in [6.45, 7) is 3.87. The second-order valence-corrected chi connectivity index (χ2v) is 5.73. The number of carbonyl (C=O) groups excluding carboxylic acids is 1. The summed E-state index contributed by atoms with van der Waals surface area (Å²) in [5.41, 5.74) is 0.224. The van der Waals surface area contributed by atoms with Gasteiger partial charge in [0.15, 0.2) is 6.04 Å². The molecule has 3 nitrogen and oxygen atoms in total. The van der Waals surface area contributed by atoms with Crippen LogP contribution in [0.3, 0.4) is 0 Å². The lowest BCUT2D eigenvalue weighted by Crippen LogP contribution is -2.91. The van der Waals surface area contributed by atoms with Gasteiger partial charge in [-0.05, 0) is 37.4 Å². The molecule has 2 rings (SSSR count). The highest BCUT2D eigenvalue weighted by molar-refractivity contribution is 7.10. The molecule has 3 N–H and O–H groups in total. The second kappa shape index (κ2) is 6.63. The quantitative estimate of drug-likeness (QED) is 0.874. The Morgan fingerprint density at radius 2 is 2.00 bits per heavy atom. The third kappa shape index (κ3) is 3.65. The standard InChI is InChI=1S/C15H17FN2OS/c1-10(14-8-5-9-20-14)17-11(2)15(19)18-13-7-4-3-6-12(13)16/h3-11,17H,1-2H3,(H,18,19)/p+1/t10-,11+/m1/s1. The highest BCUT2D eigenvalue weighted by atomic mass is 32.1. The number of nitrogens with one attached hydrogen (secondary N) is 1. The topological polar surface area (TPSA) is 45.7 Å². The molecule has 0 bridgehead atoms. The zero-order valence-corrected chi connectivity index (χ0v) is 12.3. The van der Waals surface area contributed by atoms with Crippen LogP contribution in [0.1, 0.15) is 24.8 Å². The van der Waals surface area contributed by atoms with Gasteiger partial charge in [0, 0.05) is 0 Å². The van der Waals surface area contributed by atoms with Gasteiger partial charge in [0.25, 0.3) is 5.91 Å². The Morgan fingerprint density at radius 3 is 2.65 bits per heavy atom. The summed E-state index contributed by atoms with van der Waals surface area (Å²) in [4.78, 5) is 13.3. The number of carbonyl (C=O) groups is 1. The van der Waals surface area contributed by atoms with E-state index in [2.05, 4.69) is 12.2 Å². The van der Waals surface area contributed by atoms with E-state index >= 15 is 0 Å². The van der Waals surface area contributed by atoms with Crippen LogP contribution in [-0.4, -0.2) is 11.9 Å². The summed E-state index contributed by atoms with van der Waals surface area (Å²) >= 11 is 1.67. The maximum atomic E-state index is 13.5. The number of benzene rings is 1. The van der Waals surface area contributed by atoms with Gasteiger partial charge < -0.3 is 10.6 Å². The molecular formula is C15H18FN2OS+. The highest BCUT2D eigenvalue weighted by Gasteiger charge is 2.21. The minimum absolute atomic E-state index is 0.196. The van der Waals surface area contributed by atoms with Crippen LogP contribution in [0.4, 0.5) is 10.1 Å². The fraction of sp³-hybridized carbons (Fsp3) is 0.267. The first-order valence-corrected chi connectivity index (χ1v) is 7.39. The third-order valence-corrected chi connectivity index (χ3v) is 4.19. The van der Waals surface area contributed by atoms with Gasteiger partial charge >= 0.3 is 0 Å². The van der Waals surface area contributed by atoms with Crippen LogP contribution in [-0.2, 0) is 4.79 Å². The number of amides is 1. The van der Waals surface area contributed by atoms with Crippen molar-refractivity contribution in [1.82, 2.24) is 0 Å². The smallest absolute Gasteiger partial charge is 0.282 e. The van der Waals surface area contributed by atoms with Crippen molar-refractivity contribution in [2.24, 2.45) is 0 Å². The first-order valence-electron chi connectivity index (χ1n) is 6.51. The highest BCUT2D eigenvalue weighted by Crippen LogP contribution is 2.15. The maximum absolute atomic E-state index is 13.5. The Morgan fingerprint density at radius 1 is 1.25 bits per heavy atom. The van der Waals surface area contributed by atoms with Crippen LogP contribution in [0.2, 0.25) is 0 Å². The summed E-state index contributed by atoms with van der Waals surface area (Å²) in [5, 5.41) is 6.61. The predicted octanol–water partition coefficient (Wildman–Crippen LogP) is 2.54. The van der Waals surface area contributed by atoms with Crippen molar-refractivity contribution in [2.75, 3.05) is 5.32 Å². The molecule has 1 aromatic carbocycles. The molecule has 106 valence electrons. The van der Waals surface area contributed by atoms with E-state index in [1.54, 1.807) is 29.5 Å². The normalized spacial score (nSPS) is 13.8. The van der Waals surface area contributed by atoms with Crippen molar-refractivity contribution in [3.05, 3.63) is 52.5 Å². The van der Waals surface area contributed by atoms with Crippen LogP contribution in [0, 0.1) is 5.82 Å². The number of nitrogens with two attached hydrogens (primary N) is 1. The summed E-state index contributed by atoms with van der Waals surface area (Å²) in [6.07, 6.45) is 0. The predicted molar refractivity (Wildman–Crippen MR) is 79.2 cm³/mol. The molecule has 1 heterocycles. The van der Waals surface area contributed by atoms with Crippen LogP contribution in [0.25, 0.3) is 0 Å². The average Bonchev–Trinajstić information content (AvgIpc) is 2.95. The lowest BCUT2D eigenvalue weighted by molar-refractivity contribution is -0.709. The first kappa shape index (κ1) is 14.7. The summed E-state index contributed by atoms with van der Waals surface area (Å²) in [6, 6.07) is 10.1. The zero-order valence-electron chi connectivity index (χ0n) is 11.5. The molecule has 2 atom stereocenters. The van der Waals surface area contributed by atoms with Gasteiger partial charge in [-0.25, -0.2) is 4.39 Å². The lowest BCUT2D eigenvalue weighted by atomic mass is 10.2. The van der Waals surface area contributed by atoms with Gasteiger partial charge in [-0.15, -0.1) is 11.3 Å². The fourth-order valence-corrected chi connectivity index (χ4v) is 2.74. The van der Waals surface area contributed by atoms with Gasteiger partial charge in [-0.3, -0.25) is 4.79 Å². The Balaban J connectivity index is 1.94. The molecular weight excluding hydrogens is 275 g/mol. The molecule has 0 aliphatic heterocycles. The molecule has 1 aromatic heterocycles. The minimum Gasteiger partial charge on any atom is -0.330 e. The number of quaternary nitrogens is 1. The molecule has 0 spiro atoms. The monoisotopic (exact) mass is 293 g/mol. The van der Waals surface area contributed by atoms with Crippen molar-refractivity contribution in [3.63, 3.8) is 0 Å². The van der Waals surface area contributed by atoms with E-state index in [-0.39, 0.29) is 23.7 Å². The van der Waals surface area contributed by atoms with Gasteiger partial charge in [0.2, 0.25) is 0 Å². The molecule has 1 amide bonds. The van der Waals surface area contributed by atoms with E-state index in [4.69, 9.17) is 0 Å². The zero-order chi connectivity index (χ0) is 14.5. The second-order valence-electron chi connectivity index (χ2n) is 4.75. The number of para-hydroxylation sites is 1. The summed E-state index contributed by atoms with van der Waals surface area (Å²) in [7, 11) is 0. The first-order chi connectivity index (χ1) is 9.58. The largest absolute Gasteiger partial charge is 0.330 e. The van der Waals surface area contributed by atoms with Crippen molar-refractivity contribution >= 4 is 22.9 Å². The number of halogens is 1. The van der Waals surface area contributed by atoms with E-state index in [0.29, 0.717) is 0 Å². The average molecular weight is 293 g/mol. The van der Waals surface area contributed by atoms with Crippen LogP contribution in [0.15, 0.2) is 41.8 Å². The number of anilines is 1. The molecule has 0 unspecified atom stereocenters. The summed E-state index contributed by atoms with van der Waals surface area (Å²) < 4.78 is 13.5. The van der Waals surface area contributed by atoms with Gasteiger partial charge in [-0.2, -0.15) is 0 Å². The molecule has 0 radical (unpaired) electrons. The van der Waals surface area contributed by atoms with E-state index in [0.717, 1.165) is 0 Å².